The molecule has 0 amide bonds. The topological polar surface area (TPSA) is 95.1 Å². The number of aromatic nitrogens is 2. The summed E-state index contributed by atoms with van der Waals surface area (Å²) in [6.07, 6.45) is 4.31. The van der Waals surface area contributed by atoms with Crippen LogP contribution in [0.15, 0.2) is 18.3 Å². The van der Waals surface area contributed by atoms with Gasteiger partial charge in [0.25, 0.3) is 0 Å². The van der Waals surface area contributed by atoms with Crippen molar-refractivity contribution in [1.29, 1.82) is 0 Å². The Bertz CT molecular complexity index is 925. The molecule has 2 unspecified atom stereocenters. The van der Waals surface area contributed by atoms with Crippen molar-refractivity contribution in [3.8, 4) is 0 Å². The largest absolute Gasteiger partial charge is 0.385 e. The molecule has 6 nitrogen and oxygen atoms in total. The number of nitrogens with one attached hydrogen (secondary N) is 2. The third-order valence-corrected chi connectivity index (χ3v) is 7.92. The van der Waals surface area contributed by atoms with Gasteiger partial charge in [0.1, 0.15) is 0 Å². The minimum atomic E-state index is -3.17. The van der Waals surface area contributed by atoms with Crippen molar-refractivity contribution in [2.24, 2.45) is 11.8 Å². The molecule has 1 aromatic carbocycles. The zero-order chi connectivity index (χ0) is 16.7. The summed E-state index contributed by atoms with van der Waals surface area (Å²) in [4.78, 5) is 0. The maximum Gasteiger partial charge on any atom is 0.214 e. The van der Waals surface area contributed by atoms with E-state index in [9.17, 15) is 13.5 Å². The molecule has 3 saturated carbocycles. The van der Waals surface area contributed by atoms with Gasteiger partial charge in [-0.2, -0.15) is 5.10 Å². The van der Waals surface area contributed by atoms with Crippen LogP contribution >= 0.6 is 11.6 Å². The quantitative estimate of drug-likeness (QED) is 0.769. The van der Waals surface area contributed by atoms with E-state index in [1.807, 2.05) is 6.07 Å². The second kappa shape index (κ2) is 4.72. The molecule has 3 aliphatic carbocycles. The van der Waals surface area contributed by atoms with Crippen molar-refractivity contribution in [2.75, 3.05) is 0 Å². The van der Waals surface area contributed by atoms with Gasteiger partial charge in [-0.1, -0.05) is 11.6 Å². The summed E-state index contributed by atoms with van der Waals surface area (Å²) >= 11 is 6.18. The molecular weight excluding hydrogens is 350 g/mol. The van der Waals surface area contributed by atoms with Crippen LogP contribution in [0, 0.1) is 11.8 Å². The fourth-order valence-corrected chi connectivity index (χ4v) is 6.22. The standard InChI is InChI=1S/C16H18ClN3O3S/c17-9-3-8-7-18-19-14(8)13(4-9)16(21)5-11-12(6-16)15(11)20-24(22,23)10-1-2-10/h3-4,7,10-12,15,20-21H,1-2,5-6H2,(H,18,19)/t11-,12+,15?,16?. The molecule has 0 bridgehead atoms. The molecule has 1 aromatic heterocycles. The average Bonchev–Trinajstić information content (AvgIpc) is 3.37. The molecule has 4 atom stereocenters. The van der Waals surface area contributed by atoms with E-state index in [0.717, 1.165) is 29.3 Å². The summed E-state index contributed by atoms with van der Waals surface area (Å²) in [5, 5.41) is 19.4. The Balaban J connectivity index is 1.39. The van der Waals surface area contributed by atoms with E-state index in [1.54, 1.807) is 12.3 Å². The first kappa shape index (κ1) is 15.1. The molecule has 0 saturated heterocycles. The summed E-state index contributed by atoms with van der Waals surface area (Å²) in [5.74, 6) is 0.390. The smallest absolute Gasteiger partial charge is 0.214 e. The highest BCUT2D eigenvalue weighted by Crippen LogP contribution is 2.60. The molecular formula is C16H18ClN3O3S. The lowest BCUT2D eigenvalue weighted by molar-refractivity contribution is 0.0302. The normalized spacial score (nSPS) is 35.3. The van der Waals surface area contributed by atoms with E-state index in [1.165, 1.54) is 0 Å². The predicted molar refractivity (Wildman–Crippen MR) is 90.1 cm³/mol. The predicted octanol–water partition coefficient (Wildman–Crippen LogP) is 1.89. The van der Waals surface area contributed by atoms with Crippen LogP contribution in [0.3, 0.4) is 0 Å². The van der Waals surface area contributed by atoms with Gasteiger partial charge in [-0.25, -0.2) is 13.1 Å². The average molecular weight is 368 g/mol. The number of halogens is 1. The fraction of sp³-hybridized carbons (Fsp3) is 0.562. The molecule has 1 heterocycles. The Hall–Kier alpha value is -1.15. The molecule has 2 aromatic rings. The highest BCUT2D eigenvalue weighted by Gasteiger charge is 2.63. The van der Waals surface area contributed by atoms with Crippen LogP contribution in [0.1, 0.15) is 31.2 Å². The number of rotatable bonds is 4. The zero-order valence-corrected chi connectivity index (χ0v) is 14.4. The Morgan fingerprint density at radius 3 is 2.67 bits per heavy atom. The Kier molecular flexibility index (Phi) is 2.98. The molecule has 0 radical (unpaired) electrons. The highest BCUT2D eigenvalue weighted by molar-refractivity contribution is 7.90. The maximum absolute atomic E-state index is 12.1. The van der Waals surface area contributed by atoms with Gasteiger partial charge in [0.05, 0.1) is 22.6 Å². The number of aliphatic hydroxyl groups is 1. The van der Waals surface area contributed by atoms with E-state index >= 15 is 0 Å². The van der Waals surface area contributed by atoms with Gasteiger partial charge in [0.15, 0.2) is 0 Å². The van der Waals surface area contributed by atoms with Gasteiger partial charge >= 0.3 is 0 Å². The van der Waals surface area contributed by atoms with Crippen molar-refractivity contribution >= 4 is 32.5 Å². The zero-order valence-electron chi connectivity index (χ0n) is 12.9. The van der Waals surface area contributed by atoms with Crippen LogP contribution in [0.5, 0.6) is 0 Å². The number of sulfonamides is 1. The fourth-order valence-electron chi connectivity index (χ4n) is 4.31. The van der Waals surface area contributed by atoms with E-state index < -0.39 is 15.6 Å². The lowest BCUT2D eigenvalue weighted by Crippen LogP contribution is -2.35. The Morgan fingerprint density at radius 1 is 1.29 bits per heavy atom. The first-order valence-corrected chi connectivity index (χ1v) is 10.2. The minimum absolute atomic E-state index is 0.0210. The van der Waals surface area contributed by atoms with E-state index in [-0.39, 0.29) is 23.1 Å². The van der Waals surface area contributed by atoms with Crippen LogP contribution in [-0.2, 0) is 15.6 Å². The second-order valence-electron chi connectivity index (χ2n) is 7.44. The van der Waals surface area contributed by atoms with Crippen LogP contribution in [0.25, 0.3) is 10.9 Å². The number of H-pyrrole nitrogens is 1. The third-order valence-electron chi connectivity index (χ3n) is 5.76. The molecule has 3 fully saturated rings. The van der Waals surface area contributed by atoms with Gasteiger partial charge in [0, 0.05) is 22.0 Å². The second-order valence-corrected chi connectivity index (χ2v) is 9.87. The van der Waals surface area contributed by atoms with E-state index in [0.29, 0.717) is 17.9 Å². The van der Waals surface area contributed by atoms with Gasteiger partial charge in [0.2, 0.25) is 10.0 Å². The number of fused-ring (bicyclic) bond motifs is 2. The van der Waals surface area contributed by atoms with Crippen molar-refractivity contribution in [3.63, 3.8) is 0 Å². The Labute approximate surface area is 144 Å². The number of aromatic amines is 1. The first-order valence-electron chi connectivity index (χ1n) is 8.24. The molecule has 0 spiro atoms. The van der Waals surface area contributed by atoms with E-state index in [2.05, 4.69) is 14.9 Å². The van der Waals surface area contributed by atoms with Crippen molar-refractivity contribution in [3.05, 3.63) is 28.9 Å². The van der Waals surface area contributed by atoms with Crippen LogP contribution < -0.4 is 4.72 Å². The molecule has 3 aliphatic rings. The SMILES string of the molecule is O=S(=O)(NC1[C@H]2CC(O)(c3cc(Cl)cc4cn[nH]c34)C[C@@H]12)C1CC1. The minimum Gasteiger partial charge on any atom is -0.385 e. The summed E-state index contributed by atoms with van der Waals surface area (Å²) in [7, 11) is -3.17. The monoisotopic (exact) mass is 367 g/mol. The van der Waals surface area contributed by atoms with Gasteiger partial charge < -0.3 is 5.11 Å². The summed E-state index contributed by atoms with van der Waals surface area (Å²) < 4.78 is 27.0. The number of hydrogen-bond acceptors (Lipinski definition) is 4. The van der Waals surface area contributed by atoms with Crippen molar-refractivity contribution < 1.29 is 13.5 Å². The number of hydrogen-bond donors (Lipinski definition) is 3. The summed E-state index contributed by atoms with van der Waals surface area (Å²) in [6, 6.07) is 3.58. The number of benzene rings is 1. The van der Waals surface area contributed by atoms with Gasteiger partial charge in [-0.15, -0.1) is 0 Å². The van der Waals surface area contributed by atoms with Crippen LogP contribution in [-0.4, -0.2) is 35.0 Å². The number of nitrogens with zero attached hydrogens (tertiary/aromatic N) is 1. The maximum atomic E-state index is 12.1. The lowest BCUT2D eigenvalue weighted by Gasteiger charge is -2.27. The molecule has 0 aliphatic heterocycles. The Morgan fingerprint density at radius 2 is 2.00 bits per heavy atom. The van der Waals surface area contributed by atoms with Crippen LogP contribution in [0.4, 0.5) is 0 Å². The van der Waals surface area contributed by atoms with Crippen LogP contribution in [0.2, 0.25) is 5.02 Å². The third kappa shape index (κ3) is 2.22. The van der Waals surface area contributed by atoms with E-state index in [4.69, 9.17) is 11.6 Å². The van der Waals surface area contributed by atoms with Gasteiger partial charge in [-0.3, -0.25) is 5.10 Å². The van der Waals surface area contributed by atoms with Crippen molar-refractivity contribution in [1.82, 2.24) is 14.9 Å². The highest BCUT2D eigenvalue weighted by atomic mass is 35.5. The van der Waals surface area contributed by atoms with Crippen molar-refractivity contribution in [2.45, 2.75) is 42.6 Å². The summed E-state index contributed by atoms with van der Waals surface area (Å²) in [6.45, 7) is 0. The lowest BCUT2D eigenvalue weighted by atomic mass is 9.87. The molecule has 5 rings (SSSR count). The summed E-state index contributed by atoms with van der Waals surface area (Å²) in [5.41, 5.74) is 0.587. The molecule has 3 N–H and O–H groups in total. The molecule has 8 heteroatoms. The molecule has 24 heavy (non-hydrogen) atoms. The van der Waals surface area contributed by atoms with Gasteiger partial charge in [-0.05, 0) is 49.7 Å². The molecule has 128 valence electrons. The first-order chi connectivity index (χ1) is 11.4.